The number of hydrogen-bond donors (Lipinski definition) is 0. The maximum atomic E-state index is 16.4. The molecule has 0 bridgehead atoms. The number of hydrogen-bond acceptors (Lipinski definition) is 0. The fourth-order valence-electron chi connectivity index (χ4n) is 5.82. The first-order valence-corrected chi connectivity index (χ1v) is 11.0. The van der Waals surface area contributed by atoms with Crippen LogP contribution >= 0.6 is 0 Å². The van der Waals surface area contributed by atoms with Crippen LogP contribution in [0.3, 0.4) is 0 Å². The maximum Gasteiger partial charge on any atom is 0.417 e. The monoisotopic (exact) mass is 457 g/mol. The highest BCUT2D eigenvalue weighted by Crippen LogP contribution is 2.47. The summed E-state index contributed by atoms with van der Waals surface area (Å²) in [7, 11) is 1.85. The molecule has 0 N–H and O–H groups in total. The maximum absolute atomic E-state index is 16.4. The van der Waals surface area contributed by atoms with Crippen molar-refractivity contribution in [3.05, 3.63) is 83.8 Å². The molecule has 0 aliphatic rings. The quantitative estimate of drug-likeness (QED) is 0.0969. The van der Waals surface area contributed by atoms with Gasteiger partial charge in [0.1, 0.15) is 7.05 Å². The summed E-state index contributed by atoms with van der Waals surface area (Å²) in [6.07, 6.45) is -2.81. The summed E-state index contributed by atoms with van der Waals surface area (Å²) >= 11 is 0. The van der Waals surface area contributed by atoms with Crippen molar-refractivity contribution in [1.82, 2.24) is 4.40 Å². The van der Waals surface area contributed by atoms with Gasteiger partial charge in [0, 0.05) is 22.2 Å². The lowest BCUT2D eigenvalue weighted by molar-refractivity contribution is -0.643. The Kier molecular flexibility index (Phi) is 3.53. The number of fused-ring (bicyclic) bond motifs is 7. The molecule has 0 saturated heterocycles. The van der Waals surface area contributed by atoms with E-state index in [1.807, 2.05) is 30.7 Å². The number of para-hydroxylation sites is 1. The molecule has 3 heterocycles. The van der Waals surface area contributed by atoms with E-state index in [-0.39, 0.29) is 5.39 Å². The van der Waals surface area contributed by atoms with E-state index in [4.69, 9.17) is 0 Å². The summed E-state index contributed by atoms with van der Waals surface area (Å²) in [5, 5.41) is 3.71. The molecule has 0 unspecified atom stereocenters. The fourth-order valence-corrected chi connectivity index (χ4v) is 5.82. The number of aryl methyl sites for hydroxylation is 2. The second-order valence-electron chi connectivity index (χ2n) is 8.95. The molecule has 0 spiro atoms. The van der Waals surface area contributed by atoms with Crippen LogP contribution in [0.2, 0.25) is 0 Å². The van der Waals surface area contributed by atoms with Crippen molar-refractivity contribution in [2.45, 2.75) is 13.1 Å². The van der Waals surface area contributed by atoms with Crippen molar-refractivity contribution in [3.63, 3.8) is 0 Å². The number of benzene rings is 4. The molecule has 0 fully saturated rings. The molecular weight excluding hydrogens is 440 g/mol. The zero-order chi connectivity index (χ0) is 23.5. The van der Waals surface area contributed by atoms with E-state index in [1.165, 1.54) is 6.07 Å². The summed E-state index contributed by atoms with van der Waals surface area (Å²) < 4.78 is 63.0. The molecule has 6 heteroatoms. The van der Waals surface area contributed by atoms with Crippen LogP contribution in [0.5, 0.6) is 0 Å². The molecule has 7 rings (SSSR count). The second kappa shape index (κ2) is 6.14. The van der Waals surface area contributed by atoms with Crippen molar-refractivity contribution < 1.29 is 22.1 Å². The Labute approximate surface area is 190 Å². The van der Waals surface area contributed by atoms with Crippen molar-refractivity contribution in [1.29, 1.82) is 0 Å². The van der Waals surface area contributed by atoms with E-state index in [9.17, 15) is 13.2 Å². The van der Waals surface area contributed by atoms with Crippen molar-refractivity contribution >= 4 is 59.8 Å². The van der Waals surface area contributed by atoms with Crippen molar-refractivity contribution in [2.24, 2.45) is 7.05 Å². The first kappa shape index (κ1) is 19.5. The Morgan fingerprint density at radius 2 is 1.47 bits per heavy atom. The first-order valence-electron chi connectivity index (χ1n) is 11.0. The molecule has 166 valence electrons. The van der Waals surface area contributed by atoms with Gasteiger partial charge in [-0.3, -0.25) is 0 Å². The topological polar surface area (TPSA) is 8.29 Å². The molecule has 0 aliphatic carbocycles. The SMILES string of the molecule is Cc1c2ccccc2c(F)c2c1c1c3c(cc[n+]1C)cc(C(F)(F)F)c1c4ccccc4n2c13. The van der Waals surface area contributed by atoms with Gasteiger partial charge in [-0.05, 0) is 35.4 Å². The fraction of sp³-hybridized carbons (Fsp3) is 0.107. The van der Waals surface area contributed by atoms with Crippen LogP contribution in [0.25, 0.3) is 59.8 Å². The Balaban J connectivity index is 1.99. The van der Waals surface area contributed by atoms with Crippen molar-refractivity contribution in [3.8, 4) is 0 Å². The van der Waals surface area contributed by atoms with Gasteiger partial charge in [-0.1, -0.05) is 42.5 Å². The Morgan fingerprint density at radius 3 is 2.21 bits per heavy atom. The molecule has 0 radical (unpaired) electrons. The van der Waals surface area contributed by atoms with Crippen LogP contribution in [0.4, 0.5) is 17.6 Å². The van der Waals surface area contributed by atoms with Crippen LogP contribution < -0.4 is 4.57 Å². The predicted molar refractivity (Wildman–Crippen MR) is 127 cm³/mol. The van der Waals surface area contributed by atoms with Gasteiger partial charge in [-0.25, -0.2) is 8.96 Å². The lowest BCUT2D eigenvalue weighted by atomic mass is 9.94. The van der Waals surface area contributed by atoms with E-state index >= 15 is 4.39 Å². The van der Waals surface area contributed by atoms with Crippen LogP contribution in [0, 0.1) is 12.7 Å². The van der Waals surface area contributed by atoms with Gasteiger partial charge in [-0.2, -0.15) is 13.2 Å². The lowest BCUT2D eigenvalue weighted by Gasteiger charge is -2.17. The van der Waals surface area contributed by atoms with E-state index in [1.54, 1.807) is 53.1 Å². The van der Waals surface area contributed by atoms with Gasteiger partial charge in [0.2, 0.25) is 5.52 Å². The minimum atomic E-state index is -4.56. The summed E-state index contributed by atoms with van der Waals surface area (Å²) in [4.78, 5) is 0. The third kappa shape index (κ3) is 2.18. The number of nitrogens with zero attached hydrogens (tertiary/aromatic N) is 2. The van der Waals surface area contributed by atoms with Gasteiger partial charge in [0.15, 0.2) is 12.0 Å². The summed E-state index contributed by atoms with van der Waals surface area (Å²) in [5.74, 6) is -0.432. The van der Waals surface area contributed by atoms with Crippen LogP contribution in [0.15, 0.2) is 66.9 Å². The molecule has 0 aliphatic heterocycles. The summed E-state index contributed by atoms with van der Waals surface area (Å²) in [6.45, 7) is 1.96. The second-order valence-corrected chi connectivity index (χ2v) is 8.95. The molecular formula is C28H17F4N2+. The zero-order valence-electron chi connectivity index (χ0n) is 18.3. The molecule has 0 saturated carbocycles. The van der Waals surface area contributed by atoms with E-state index in [0.717, 1.165) is 16.5 Å². The lowest BCUT2D eigenvalue weighted by Crippen LogP contribution is -2.29. The molecule has 2 nitrogen and oxygen atoms in total. The number of halogens is 4. The van der Waals surface area contributed by atoms with Gasteiger partial charge >= 0.3 is 6.18 Å². The number of alkyl halides is 3. The average Bonchev–Trinajstić information content (AvgIpc) is 3.17. The average molecular weight is 457 g/mol. The normalized spacial score (nSPS) is 13.0. The minimum absolute atomic E-state index is 0.110. The van der Waals surface area contributed by atoms with Gasteiger partial charge in [0.25, 0.3) is 0 Å². The third-order valence-electron chi connectivity index (χ3n) is 7.19. The standard InChI is InChI=1S/C28H17F4N2/c1-14-16-7-3-4-8-17(16)24(29)27-21(14)25-22-15(11-12-33(25)2)13-19(28(30,31)32)23-18-9-5-6-10-20(18)34(27)26(22)23/h3-13H,1-2H3/q+1. The van der Waals surface area contributed by atoms with Gasteiger partial charge < -0.3 is 4.40 Å². The summed E-state index contributed by atoms with van der Waals surface area (Å²) in [6, 6.07) is 17.2. The van der Waals surface area contributed by atoms with Crippen LogP contribution in [-0.4, -0.2) is 4.40 Å². The molecule has 0 amide bonds. The highest BCUT2D eigenvalue weighted by molar-refractivity contribution is 6.29. The van der Waals surface area contributed by atoms with Crippen LogP contribution in [0.1, 0.15) is 11.1 Å². The largest absolute Gasteiger partial charge is 0.417 e. The van der Waals surface area contributed by atoms with Gasteiger partial charge in [-0.15, -0.1) is 0 Å². The predicted octanol–water partition coefficient (Wildman–Crippen LogP) is 7.43. The first-order chi connectivity index (χ1) is 16.3. The highest BCUT2D eigenvalue weighted by Gasteiger charge is 2.37. The number of rotatable bonds is 0. The number of pyridine rings is 2. The zero-order valence-corrected chi connectivity index (χ0v) is 18.3. The Bertz CT molecular complexity index is 1980. The van der Waals surface area contributed by atoms with E-state index in [2.05, 4.69) is 0 Å². The highest BCUT2D eigenvalue weighted by atomic mass is 19.4. The Morgan fingerprint density at radius 1 is 0.794 bits per heavy atom. The van der Waals surface area contributed by atoms with Crippen LogP contribution in [-0.2, 0) is 13.2 Å². The molecule has 34 heavy (non-hydrogen) atoms. The molecule has 0 atom stereocenters. The molecule has 3 aromatic heterocycles. The number of aromatic nitrogens is 2. The smallest absolute Gasteiger partial charge is 0.305 e. The molecule has 4 aromatic carbocycles. The van der Waals surface area contributed by atoms with Crippen molar-refractivity contribution in [2.75, 3.05) is 0 Å². The van der Waals surface area contributed by atoms with Gasteiger partial charge in [0.05, 0.1) is 32.9 Å². The Hall–Kier alpha value is -3.93. The summed E-state index contributed by atoms with van der Waals surface area (Å²) in [5.41, 5.74) is 2.18. The molecule has 7 aromatic rings. The minimum Gasteiger partial charge on any atom is -0.305 e. The third-order valence-corrected chi connectivity index (χ3v) is 7.19. The van der Waals surface area contributed by atoms with E-state index < -0.39 is 17.6 Å². The van der Waals surface area contributed by atoms with E-state index in [0.29, 0.717) is 43.5 Å².